The van der Waals surface area contributed by atoms with Crippen LogP contribution < -0.4 is 0 Å². The molecule has 1 fully saturated rings. The van der Waals surface area contributed by atoms with Crippen molar-refractivity contribution in [2.24, 2.45) is 11.8 Å². The fourth-order valence-electron chi connectivity index (χ4n) is 1.93. The molecule has 0 radical (unpaired) electrons. The molecule has 3 nitrogen and oxygen atoms in total. The molecule has 1 aliphatic heterocycles. The molecule has 0 aromatic heterocycles. The second-order valence-electron chi connectivity index (χ2n) is 4.07. The fraction of sp³-hybridized carbons (Fsp3) is 0.818. The van der Waals surface area contributed by atoms with Gasteiger partial charge in [-0.3, -0.25) is 4.79 Å². The molecule has 1 aliphatic rings. The van der Waals surface area contributed by atoms with Gasteiger partial charge in [-0.05, 0) is 39.4 Å². The lowest BCUT2D eigenvalue weighted by molar-refractivity contribution is -0.126. The zero-order valence-corrected chi connectivity index (χ0v) is 8.99. The highest BCUT2D eigenvalue weighted by Gasteiger charge is 2.28. The summed E-state index contributed by atoms with van der Waals surface area (Å²) in [5.74, 6) is -0.0673. The van der Waals surface area contributed by atoms with Crippen LogP contribution in [0.3, 0.4) is 0 Å². The molecule has 1 atom stereocenters. The molecule has 1 unspecified atom stereocenters. The second kappa shape index (κ2) is 5.11. The van der Waals surface area contributed by atoms with E-state index in [1.165, 1.54) is 0 Å². The minimum Gasteiger partial charge on any atom is -0.306 e. The summed E-state index contributed by atoms with van der Waals surface area (Å²) in [6.07, 6.45) is 2.50. The highest BCUT2D eigenvalue weighted by Crippen LogP contribution is 2.21. The number of nitriles is 1. The van der Waals surface area contributed by atoms with Crippen LogP contribution in [-0.2, 0) is 4.79 Å². The van der Waals surface area contributed by atoms with Crippen molar-refractivity contribution in [2.45, 2.75) is 26.2 Å². The van der Waals surface area contributed by atoms with Crippen molar-refractivity contribution in [2.75, 3.05) is 20.1 Å². The lowest BCUT2D eigenvalue weighted by Gasteiger charge is -2.28. The third-order valence-corrected chi connectivity index (χ3v) is 3.03. The Bertz CT molecular complexity index is 236. The van der Waals surface area contributed by atoms with Gasteiger partial charge in [0.15, 0.2) is 5.78 Å². The van der Waals surface area contributed by atoms with Gasteiger partial charge in [0.2, 0.25) is 0 Å². The summed E-state index contributed by atoms with van der Waals surface area (Å²) in [7, 11) is 2.07. The van der Waals surface area contributed by atoms with E-state index < -0.39 is 0 Å². The fourth-order valence-corrected chi connectivity index (χ4v) is 1.93. The van der Waals surface area contributed by atoms with Crippen LogP contribution in [0, 0.1) is 23.2 Å². The number of rotatable bonds is 3. The number of hydrogen-bond acceptors (Lipinski definition) is 3. The summed E-state index contributed by atoms with van der Waals surface area (Å²) < 4.78 is 0. The van der Waals surface area contributed by atoms with Crippen molar-refractivity contribution >= 4 is 5.78 Å². The minimum absolute atomic E-state index is 0.135. The topological polar surface area (TPSA) is 44.1 Å². The smallest absolute Gasteiger partial charge is 0.153 e. The predicted molar refractivity (Wildman–Crippen MR) is 54.6 cm³/mol. The van der Waals surface area contributed by atoms with Gasteiger partial charge in [-0.1, -0.05) is 6.92 Å². The Balaban J connectivity index is 2.49. The monoisotopic (exact) mass is 194 g/mol. The van der Waals surface area contributed by atoms with E-state index in [1.807, 2.05) is 6.92 Å². The molecule has 3 heteroatoms. The van der Waals surface area contributed by atoms with Gasteiger partial charge < -0.3 is 4.90 Å². The van der Waals surface area contributed by atoms with Gasteiger partial charge in [-0.25, -0.2) is 0 Å². The van der Waals surface area contributed by atoms with Crippen molar-refractivity contribution in [3.05, 3.63) is 0 Å². The summed E-state index contributed by atoms with van der Waals surface area (Å²) >= 11 is 0. The molecule has 0 bridgehead atoms. The highest BCUT2D eigenvalue weighted by molar-refractivity contribution is 5.85. The summed E-state index contributed by atoms with van der Waals surface area (Å²) in [6.45, 7) is 3.87. The van der Waals surface area contributed by atoms with E-state index in [4.69, 9.17) is 5.26 Å². The summed E-state index contributed by atoms with van der Waals surface area (Å²) in [6, 6.07) is 2.10. The zero-order chi connectivity index (χ0) is 10.6. The van der Waals surface area contributed by atoms with E-state index in [1.54, 1.807) is 0 Å². The third-order valence-electron chi connectivity index (χ3n) is 3.03. The van der Waals surface area contributed by atoms with E-state index in [-0.39, 0.29) is 17.6 Å². The molecule has 0 saturated carbocycles. The lowest BCUT2D eigenvalue weighted by Crippen LogP contribution is -2.35. The van der Waals surface area contributed by atoms with Gasteiger partial charge in [0.25, 0.3) is 0 Å². The summed E-state index contributed by atoms with van der Waals surface area (Å²) in [5, 5.41) is 8.80. The molecular formula is C11H18N2O. The molecule has 0 spiro atoms. The van der Waals surface area contributed by atoms with Crippen molar-refractivity contribution in [1.82, 2.24) is 4.90 Å². The van der Waals surface area contributed by atoms with E-state index in [9.17, 15) is 4.79 Å². The molecule has 0 aliphatic carbocycles. The van der Waals surface area contributed by atoms with Crippen molar-refractivity contribution in [3.8, 4) is 6.07 Å². The van der Waals surface area contributed by atoms with E-state index in [0.717, 1.165) is 25.9 Å². The maximum atomic E-state index is 11.8. The Kier molecular flexibility index (Phi) is 4.09. The Morgan fingerprint density at radius 2 is 2.14 bits per heavy atom. The zero-order valence-electron chi connectivity index (χ0n) is 8.99. The molecule has 0 aromatic carbocycles. The number of likely N-dealkylation sites (tertiary alicyclic amines) is 1. The number of piperidine rings is 1. The van der Waals surface area contributed by atoms with E-state index >= 15 is 0 Å². The van der Waals surface area contributed by atoms with Crippen molar-refractivity contribution in [1.29, 1.82) is 5.26 Å². The van der Waals surface area contributed by atoms with E-state index in [0.29, 0.717) is 6.42 Å². The normalized spacial score (nSPS) is 21.5. The van der Waals surface area contributed by atoms with Gasteiger partial charge in [0.1, 0.15) is 5.92 Å². The van der Waals surface area contributed by atoms with Crippen LogP contribution in [0.25, 0.3) is 0 Å². The van der Waals surface area contributed by atoms with Crippen LogP contribution in [0.5, 0.6) is 0 Å². The first-order valence-corrected chi connectivity index (χ1v) is 5.31. The second-order valence-corrected chi connectivity index (χ2v) is 4.07. The number of carbonyl (C=O) groups excluding carboxylic acids is 1. The number of nitrogens with zero attached hydrogens (tertiary/aromatic N) is 2. The van der Waals surface area contributed by atoms with Crippen LogP contribution >= 0.6 is 0 Å². The molecule has 14 heavy (non-hydrogen) atoms. The molecule has 1 heterocycles. The SMILES string of the molecule is CCC(C#N)C(=O)C1CCN(C)CC1. The molecule has 78 valence electrons. The number of carbonyl (C=O) groups is 1. The average Bonchev–Trinajstić information content (AvgIpc) is 2.20. The first-order valence-electron chi connectivity index (χ1n) is 5.31. The Hall–Kier alpha value is -0.880. The van der Waals surface area contributed by atoms with Crippen molar-refractivity contribution < 1.29 is 4.79 Å². The third kappa shape index (κ3) is 2.55. The number of Topliss-reactive ketones (excluding diaryl/α,β-unsaturated/α-hetero) is 1. The van der Waals surface area contributed by atoms with Crippen LogP contribution in [-0.4, -0.2) is 30.8 Å². The first kappa shape index (κ1) is 11.2. The number of ketones is 1. The summed E-state index contributed by atoms with van der Waals surface area (Å²) in [4.78, 5) is 14.1. The molecule has 0 amide bonds. The average molecular weight is 194 g/mol. The minimum atomic E-state index is -0.372. The molecule has 1 saturated heterocycles. The van der Waals surface area contributed by atoms with Crippen molar-refractivity contribution in [3.63, 3.8) is 0 Å². The molecule has 1 rings (SSSR count). The first-order chi connectivity index (χ1) is 6.69. The Morgan fingerprint density at radius 1 is 1.57 bits per heavy atom. The maximum Gasteiger partial charge on any atom is 0.153 e. The van der Waals surface area contributed by atoms with E-state index in [2.05, 4.69) is 18.0 Å². The van der Waals surface area contributed by atoms with Crippen LogP contribution in [0.2, 0.25) is 0 Å². The van der Waals surface area contributed by atoms with Gasteiger partial charge >= 0.3 is 0 Å². The number of hydrogen-bond donors (Lipinski definition) is 0. The maximum absolute atomic E-state index is 11.8. The lowest BCUT2D eigenvalue weighted by atomic mass is 9.85. The molecule has 0 aromatic rings. The molecular weight excluding hydrogens is 176 g/mol. The molecule has 0 N–H and O–H groups in total. The Morgan fingerprint density at radius 3 is 2.57 bits per heavy atom. The van der Waals surface area contributed by atoms with Gasteiger partial charge in [-0.15, -0.1) is 0 Å². The predicted octanol–water partition coefficient (Wildman–Crippen LogP) is 1.45. The Labute approximate surface area is 85.7 Å². The quantitative estimate of drug-likeness (QED) is 0.683. The van der Waals surface area contributed by atoms with Crippen LogP contribution in [0.1, 0.15) is 26.2 Å². The highest BCUT2D eigenvalue weighted by atomic mass is 16.1. The van der Waals surface area contributed by atoms with Gasteiger partial charge in [0, 0.05) is 5.92 Å². The standard InChI is InChI=1S/C11H18N2O/c1-3-9(8-12)11(14)10-4-6-13(2)7-5-10/h9-10H,3-7H2,1-2H3. The largest absolute Gasteiger partial charge is 0.306 e. The van der Waals surface area contributed by atoms with Gasteiger partial charge in [0.05, 0.1) is 6.07 Å². The van der Waals surface area contributed by atoms with Gasteiger partial charge in [-0.2, -0.15) is 5.26 Å². The van der Waals surface area contributed by atoms with Crippen LogP contribution in [0.4, 0.5) is 0 Å². The van der Waals surface area contributed by atoms with Crippen LogP contribution in [0.15, 0.2) is 0 Å². The summed E-state index contributed by atoms with van der Waals surface area (Å²) in [5.41, 5.74) is 0.